The first kappa shape index (κ1) is 10.1. The molecule has 0 amide bonds. The van der Waals surface area contributed by atoms with E-state index in [0.29, 0.717) is 11.2 Å². The fourth-order valence-electron chi connectivity index (χ4n) is 1.83. The summed E-state index contributed by atoms with van der Waals surface area (Å²) in [5, 5.41) is 10.3. The lowest BCUT2D eigenvalue weighted by Crippen LogP contribution is -2.27. The van der Waals surface area contributed by atoms with Gasteiger partial charge < -0.3 is 5.11 Å². The van der Waals surface area contributed by atoms with Crippen molar-refractivity contribution in [2.24, 2.45) is 5.92 Å². The zero-order chi connectivity index (χ0) is 10.1. The molecule has 0 fully saturated rings. The second-order valence-corrected chi connectivity index (χ2v) is 5.48. The average Bonchev–Trinajstić information content (AvgIpc) is 2.59. The third kappa shape index (κ3) is 1.82. The minimum absolute atomic E-state index is 0.188. The van der Waals surface area contributed by atoms with E-state index in [4.69, 9.17) is 0 Å². The van der Waals surface area contributed by atoms with E-state index in [9.17, 15) is 5.11 Å². The molecular formula is C12H16OS. The van der Waals surface area contributed by atoms with Crippen LogP contribution in [-0.4, -0.2) is 16.5 Å². The first-order valence-corrected chi connectivity index (χ1v) is 5.99. The summed E-state index contributed by atoms with van der Waals surface area (Å²) >= 11 is 1.82. The van der Waals surface area contributed by atoms with Crippen LogP contribution >= 0.6 is 11.8 Å². The van der Waals surface area contributed by atoms with E-state index in [1.54, 1.807) is 0 Å². The van der Waals surface area contributed by atoms with Gasteiger partial charge in [-0.05, 0) is 24.0 Å². The lowest BCUT2D eigenvalue weighted by molar-refractivity contribution is 0.123. The Morgan fingerprint density at radius 3 is 2.71 bits per heavy atom. The van der Waals surface area contributed by atoms with Gasteiger partial charge in [0.1, 0.15) is 0 Å². The standard InChI is InChI=1S/C12H16OS/c1-8(2)12(13)11-7-9-5-3-4-6-10(9)14-11/h3-6,8,11-13H,7H2,1-2H3. The maximum Gasteiger partial charge on any atom is 0.0688 e. The van der Waals surface area contributed by atoms with E-state index in [1.165, 1.54) is 10.5 Å². The molecule has 76 valence electrons. The van der Waals surface area contributed by atoms with Crippen molar-refractivity contribution >= 4 is 11.8 Å². The van der Waals surface area contributed by atoms with E-state index in [1.807, 2.05) is 11.8 Å². The van der Waals surface area contributed by atoms with Gasteiger partial charge in [0, 0.05) is 10.1 Å². The molecule has 1 aromatic carbocycles. The predicted molar refractivity (Wildman–Crippen MR) is 60.6 cm³/mol. The Kier molecular flexibility index (Phi) is 2.84. The van der Waals surface area contributed by atoms with Crippen LogP contribution in [-0.2, 0) is 6.42 Å². The molecule has 1 aliphatic rings. The van der Waals surface area contributed by atoms with Crippen molar-refractivity contribution in [3.8, 4) is 0 Å². The number of benzene rings is 1. The molecule has 0 saturated heterocycles. The molecule has 14 heavy (non-hydrogen) atoms. The molecule has 0 saturated carbocycles. The summed E-state index contributed by atoms with van der Waals surface area (Å²) in [6.07, 6.45) is 0.826. The third-order valence-corrected chi connectivity index (χ3v) is 4.14. The second kappa shape index (κ2) is 3.95. The summed E-state index contributed by atoms with van der Waals surface area (Å²) < 4.78 is 0. The second-order valence-electron chi connectivity index (χ2n) is 4.20. The first-order valence-electron chi connectivity index (χ1n) is 5.11. The minimum atomic E-state index is -0.188. The Bertz CT molecular complexity index is 297. The summed E-state index contributed by atoms with van der Waals surface area (Å²) in [6.45, 7) is 4.16. The van der Waals surface area contributed by atoms with Gasteiger partial charge in [0.2, 0.25) is 0 Å². The Morgan fingerprint density at radius 1 is 1.36 bits per heavy atom. The monoisotopic (exact) mass is 208 g/mol. The molecule has 0 spiro atoms. The van der Waals surface area contributed by atoms with Gasteiger partial charge in [-0.2, -0.15) is 0 Å². The highest BCUT2D eigenvalue weighted by Gasteiger charge is 2.29. The summed E-state index contributed by atoms with van der Waals surface area (Å²) in [4.78, 5) is 1.34. The summed E-state index contributed by atoms with van der Waals surface area (Å²) in [5.41, 5.74) is 1.39. The van der Waals surface area contributed by atoms with Crippen LogP contribution in [0.5, 0.6) is 0 Å². The van der Waals surface area contributed by atoms with E-state index in [-0.39, 0.29) is 6.10 Å². The summed E-state index contributed by atoms with van der Waals surface area (Å²) in [5.74, 6) is 0.349. The highest BCUT2D eigenvalue weighted by molar-refractivity contribution is 8.00. The Hall–Kier alpha value is -0.470. The molecule has 0 aliphatic carbocycles. The van der Waals surface area contributed by atoms with Gasteiger partial charge in [-0.3, -0.25) is 0 Å². The molecule has 2 unspecified atom stereocenters. The predicted octanol–water partition coefficient (Wildman–Crippen LogP) is 2.72. The Labute approximate surface area is 89.5 Å². The number of fused-ring (bicyclic) bond motifs is 1. The van der Waals surface area contributed by atoms with Gasteiger partial charge >= 0.3 is 0 Å². The molecule has 1 aromatic rings. The van der Waals surface area contributed by atoms with Gasteiger partial charge in [-0.15, -0.1) is 11.8 Å². The van der Waals surface area contributed by atoms with Crippen LogP contribution < -0.4 is 0 Å². The highest BCUT2D eigenvalue weighted by Crippen LogP contribution is 2.39. The molecule has 2 atom stereocenters. The molecule has 1 nitrogen and oxygen atoms in total. The number of aliphatic hydroxyl groups excluding tert-OH is 1. The smallest absolute Gasteiger partial charge is 0.0688 e. The zero-order valence-corrected chi connectivity index (χ0v) is 9.42. The Balaban J connectivity index is 2.12. The molecule has 1 aliphatic heterocycles. The maximum absolute atomic E-state index is 9.98. The van der Waals surface area contributed by atoms with Crippen LogP contribution in [0.2, 0.25) is 0 Å². The number of hydrogen-bond acceptors (Lipinski definition) is 2. The van der Waals surface area contributed by atoms with Gasteiger partial charge in [0.15, 0.2) is 0 Å². The number of thioether (sulfide) groups is 1. The fourth-order valence-corrected chi connectivity index (χ4v) is 3.33. The molecule has 1 heterocycles. The van der Waals surface area contributed by atoms with Crippen molar-refractivity contribution in [3.05, 3.63) is 29.8 Å². The van der Waals surface area contributed by atoms with E-state index < -0.39 is 0 Å². The normalized spacial score (nSPS) is 22.4. The summed E-state index contributed by atoms with van der Waals surface area (Å²) in [6, 6.07) is 8.45. The average molecular weight is 208 g/mol. The largest absolute Gasteiger partial charge is 0.392 e. The van der Waals surface area contributed by atoms with Crippen molar-refractivity contribution in [3.63, 3.8) is 0 Å². The highest BCUT2D eigenvalue weighted by atomic mass is 32.2. The van der Waals surface area contributed by atoms with Crippen molar-refractivity contribution < 1.29 is 5.11 Å². The van der Waals surface area contributed by atoms with Crippen LogP contribution in [0.25, 0.3) is 0 Å². The maximum atomic E-state index is 9.98. The van der Waals surface area contributed by atoms with Crippen LogP contribution in [0.15, 0.2) is 29.2 Å². The van der Waals surface area contributed by atoms with E-state index in [0.717, 1.165) is 6.42 Å². The molecular weight excluding hydrogens is 192 g/mol. The third-order valence-electron chi connectivity index (χ3n) is 2.74. The van der Waals surface area contributed by atoms with Crippen molar-refractivity contribution in [1.29, 1.82) is 0 Å². The Morgan fingerprint density at radius 2 is 2.07 bits per heavy atom. The zero-order valence-electron chi connectivity index (χ0n) is 8.60. The number of hydrogen-bond donors (Lipinski definition) is 1. The van der Waals surface area contributed by atoms with Gasteiger partial charge in [0.05, 0.1) is 6.10 Å². The quantitative estimate of drug-likeness (QED) is 0.806. The van der Waals surface area contributed by atoms with Gasteiger partial charge in [-0.25, -0.2) is 0 Å². The lowest BCUT2D eigenvalue weighted by Gasteiger charge is -2.20. The molecule has 2 rings (SSSR count). The van der Waals surface area contributed by atoms with Gasteiger partial charge in [0.25, 0.3) is 0 Å². The summed E-state index contributed by atoms with van der Waals surface area (Å²) in [7, 11) is 0. The molecule has 2 heteroatoms. The molecule has 1 N–H and O–H groups in total. The molecule has 0 radical (unpaired) electrons. The van der Waals surface area contributed by atoms with Crippen molar-refractivity contribution in [2.75, 3.05) is 0 Å². The van der Waals surface area contributed by atoms with Crippen LogP contribution in [0.4, 0.5) is 0 Å². The lowest BCUT2D eigenvalue weighted by atomic mass is 9.99. The number of aliphatic hydroxyl groups is 1. The van der Waals surface area contributed by atoms with Crippen molar-refractivity contribution in [1.82, 2.24) is 0 Å². The fraction of sp³-hybridized carbons (Fsp3) is 0.500. The van der Waals surface area contributed by atoms with Crippen LogP contribution in [0.1, 0.15) is 19.4 Å². The van der Waals surface area contributed by atoms with Crippen molar-refractivity contribution in [2.45, 2.75) is 36.5 Å². The first-order chi connectivity index (χ1) is 6.68. The van der Waals surface area contributed by atoms with E-state index >= 15 is 0 Å². The topological polar surface area (TPSA) is 20.2 Å². The number of rotatable bonds is 2. The minimum Gasteiger partial charge on any atom is -0.392 e. The van der Waals surface area contributed by atoms with E-state index in [2.05, 4.69) is 38.1 Å². The van der Waals surface area contributed by atoms with Crippen LogP contribution in [0.3, 0.4) is 0 Å². The SMILES string of the molecule is CC(C)C(O)C1Cc2ccccc2S1. The van der Waals surface area contributed by atoms with Crippen LogP contribution in [0, 0.1) is 5.92 Å². The molecule has 0 bridgehead atoms. The molecule has 0 aromatic heterocycles. The van der Waals surface area contributed by atoms with Gasteiger partial charge in [-0.1, -0.05) is 32.0 Å².